The van der Waals surface area contributed by atoms with Crippen molar-refractivity contribution in [2.24, 2.45) is 0 Å². The Morgan fingerprint density at radius 3 is 1.18 bits per heavy atom. The van der Waals surface area contributed by atoms with Crippen LogP contribution in [0.25, 0.3) is 43.6 Å². The Hall–Kier alpha value is -2.74. The lowest BCUT2D eigenvalue weighted by atomic mass is 9.86. The standard InChI is InChI=1S/C26H28N2/c1-25(2,3)15-7-9-21-17(11-15)19-13-24-20(14-23(19)27-21)18-12-16(26(4,5)6)8-10-22(18)28-24/h7-14,27-28H,1-6H3. The highest BCUT2D eigenvalue weighted by molar-refractivity contribution is 6.17. The Kier molecular flexibility index (Phi) is 3.35. The van der Waals surface area contributed by atoms with E-state index in [-0.39, 0.29) is 10.8 Å². The van der Waals surface area contributed by atoms with E-state index in [0.29, 0.717) is 0 Å². The minimum atomic E-state index is 0.145. The highest BCUT2D eigenvalue weighted by Gasteiger charge is 2.18. The van der Waals surface area contributed by atoms with Crippen molar-refractivity contribution in [3.63, 3.8) is 0 Å². The van der Waals surface area contributed by atoms with Crippen LogP contribution in [0.5, 0.6) is 0 Å². The van der Waals surface area contributed by atoms with E-state index < -0.39 is 0 Å². The SMILES string of the molecule is CC(C)(C)c1ccc2[nH]c3cc4c(cc3c2c1)[nH]c1ccc(C(C)(C)C)cc14. The van der Waals surface area contributed by atoms with E-state index in [2.05, 4.69) is 100 Å². The third-order valence-corrected chi connectivity index (χ3v) is 6.05. The second-order valence-electron chi connectivity index (χ2n) is 10.2. The Bertz CT molecular complexity index is 1260. The fourth-order valence-corrected chi connectivity index (χ4v) is 4.23. The molecular formula is C26H28N2. The first kappa shape index (κ1) is 17.4. The molecule has 2 aromatic heterocycles. The van der Waals surface area contributed by atoms with Crippen molar-refractivity contribution in [3.05, 3.63) is 59.7 Å². The van der Waals surface area contributed by atoms with Gasteiger partial charge in [-0.2, -0.15) is 0 Å². The highest BCUT2D eigenvalue weighted by atomic mass is 14.7. The highest BCUT2D eigenvalue weighted by Crippen LogP contribution is 2.36. The molecule has 0 saturated carbocycles. The number of nitrogens with one attached hydrogen (secondary N) is 2. The van der Waals surface area contributed by atoms with Gasteiger partial charge in [0.1, 0.15) is 0 Å². The van der Waals surface area contributed by atoms with Gasteiger partial charge in [-0.25, -0.2) is 0 Å². The van der Waals surface area contributed by atoms with Crippen LogP contribution in [0.2, 0.25) is 0 Å². The van der Waals surface area contributed by atoms with Gasteiger partial charge in [0.05, 0.1) is 0 Å². The number of fused-ring (bicyclic) bond motifs is 6. The zero-order valence-electron chi connectivity index (χ0n) is 17.6. The van der Waals surface area contributed by atoms with Crippen molar-refractivity contribution >= 4 is 43.6 Å². The maximum Gasteiger partial charge on any atom is 0.0472 e. The minimum absolute atomic E-state index is 0.145. The summed E-state index contributed by atoms with van der Waals surface area (Å²) in [5, 5.41) is 5.18. The molecule has 0 spiro atoms. The molecule has 3 aromatic carbocycles. The van der Waals surface area contributed by atoms with Crippen LogP contribution in [0.4, 0.5) is 0 Å². The van der Waals surface area contributed by atoms with Crippen LogP contribution in [0.15, 0.2) is 48.5 Å². The smallest absolute Gasteiger partial charge is 0.0472 e. The molecule has 28 heavy (non-hydrogen) atoms. The maximum atomic E-state index is 3.63. The number of hydrogen-bond acceptors (Lipinski definition) is 0. The molecule has 2 heterocycles. The molecule has 5 aromatic rings. The third-order valence-electron chi connectivity index (χ3n) is 6.05. The van der Waals surface area contributed by atoms with Gasteiger partial charge in [0.25, 0.3) is 0 Å². The van der Waals surface area contributed by atoms with Crippen molar-refractivity contribution in [1.82, 2.24) is 9.97 Å². The first-order valence-electron chi connectivity index (χ1n) is 10.1. The van der Waals surface area contributed by atoms with Crippen molar-refractivity contribution in [2.45, 2.75) is 52.4 Å². The predicted octanol–water partition coefficient (Wildman–Crippen LogP) is 7.55. The average molecular weight is 369 g/mol. The summed E-state index contributed by atoms with van der Waals surface area (Å²) in [4.78, 5) is 7.27. The van der Waals surface area contributed by atoms with Crippen molar-refractivity contribution < 1.29 is 0 Å². The molecule has 0 saturated heterocycles. The van der Waals surface area contributed by atoms with Gasteiger partial charge in [-0.05, 0) is 58.4 Å². The minimum Gasteiger partial charge on any atom is -0.354 e. The van der Waals surface area contributed by atoms with Crippen LogP contribution in [0.1, 0.15) is 52.7 Å². The molecule has 0 aliphatic carbocycles. The number of rotatable bonds is 0. The molecule has 0 atom stereocenters. The molecule has 0 radical (unpaired) electrons. The first-order valence-corrected chi connectivity index (χ1v) is 10.1. The molecule has 0 aliphatic rings. The topological polar surface area (TPSA) is 31.6 Å². The van der Waals surface area contributed by atoms with E-state index in [1.807, 2.05) is 0 Å². The molecule has 2 nitrogen and oxygen atoms in total. The molecule has 2 heteroatoms. The van der Waals surface area contributed by atoms with Crippen LogP contribution in [0, 0.1) is 0 Å². The van der Waals surface area contributed by atoms with E-state index in [0.717, 1.165) is 0 Å². The summed E-state index contributed by atoms with van der Waals surface area (Å²) in [5.74, 6) is 0. The Balaban J connectivity index is 1.82. The third kappa shape index (κ3) is 2.55. The summed E-state index contributed by atoms with van der Waals surface area (Å²) in [5.41, 5.74) is 7.84. The number of H-pyrrole nitrogens is 2. The number of aromatic amines is 2. The molecule has 0 aliphatic heterocycles. The van der Waals surface area contributed by atoms with Crippen molar-refractivity contribution in [1.29, 1.82) is 0 Å². The van der Waals surface area contributed by atoms with E-state index in [1.54, 1.807) is 0 Å². The summed E-state index contributed by atoms with van der Waals surface area (Å²) >= 11 is 0. The molecule has 0 unspecified atom stereocenters. The van der Waals surface area contributed by atoms with Gasteiger partial charge < -0.3 is 9.97 Å². The fraction of sp³-hybridized carbons (Fsp3) is 0.308. The predicted molar refractivity (Wildman–Crippen MR) is 123 cm³/mol. The Labute approximate surface area is 165 Å². The summed E-state index contributed by atoms with van der Waals surface area (Å²) < 4.78 is 0. The van der Waals surface area contributed by atoms with Crippen LogP contribution >= 0.6 is 0 Å². The number of aromatic nitrogens is 2. The monoisotopic (exact) mass is 368 g/mol. The van der Waals surface area contributed by atoms with Gasteiger partial charge in [0.2, 0.25) is 0 Å². The van der Waals surface area contributed by atoms with E-state index in [9.17, 15) is 0 Å². The first-order chi connectivity index (χ1) is 13.1. The van der Waals surface area contributed by atoms with E-state index in [4.69, 9.17) is 0 Å². The molecular weight excluding hydrogens is 340 g/mol. The summed E-state index contributed by atoms with van der Waals surface area (Å²) in [6, 6.07) is 18.3. The van der Waals surface area contributed by atoms with Crippen molar-refractivity contribution in [3.8, 4) is 0 Å². The van der Waals surface area contributed by atoms with Crippen LogP contribution in [-0.4, -0.2) is 9.97 Å². The second kappa shape index (κ2) is 5.41. The zero-order valence-corrected chi connectivity index (χ0v) is 17.6. The molecule has 0 fully saturated rings. The maximum absolute atomic E-state index is 3.63. The normalized spacial score (nSPS) is 13.4. The van der Waals surface area contributed by atoms with Crippen molar-refractivity contribution in [2.75, 3.05) is 0 Å². The van der Waals surface area contributed by atoms with Gasteiger partial charge in [-0.3, -0.25) is 0 Å². The lowest BCUT2D eigenvalue weighted by molar-refractivity contribution is 0.591. The quantitative estimate of drug-likeness (QED) is 0.283. The Morgan fingerprint density at radius 1 is 0.464 bits per heavy atom. The number of hydrogen-bond donors (Lipinski definition) is 2. The lowest BCUT2D eigenvalue weighted by Crippen LogP contribution is -2.10. The fourth-order valence-electron chi connectivity index (χ4n) is 4.23. The van der Waals surface area contributed by atoms with Gasteiger partial charge in [-0.1, -0.05) is 53.7 Å². The summed E-state index contributed by atoms with van der Waals surface area (Å²) in [6.07, 6.45) is 0. The van der Waals surface area contributed by atoms with Gasteiger partial charge in [0, 0.05) is 43.6 Å². The zero-order chi connectivity index (χ0) is 19.8. The van der Waals surface area contributed by atoms with Gasteiger partial charge in [-0.15, -0.1) is 0 Å². The molecule has 0 bridgehead atoms. The molecule has 0 amide bonds. The molecule has 5 rings (SSSR count). The van der Waals surface area contributed by atoms with E-state index >= 15 is 0 Å². The van der Waals surface area contributed by atoms with Gasteiger partial charge >= 0.3 is 0 Å². The van der Waals surface area contributed by atoms with E-state index in [1.165, 1.54) is 54.7 Å². The second-order valence-corrected chi connectivity index (χ2v) is 10.2. The molecule has 2 N–H and O–H groups in total. The molecule has 142 valence electrons. The van der Waals surface area contributed by atoms with Crippen LogP contribution in [-0.2, 0) is 10.8 Å². The number of benzene rings is 3. The average Bonchev–Trinajstić information content (AvgIpc) is 3.14. The van der Waals surface area contributed by atoms with Crippen LogP contribution in [0.3, 0.4) is 0 Å². The lowest BCUT2D eigenvalue weighted by Gasteiger charge is -2.18. The Morgan fingerprint density at radius 2 is 0.821 bits per heavy atom. The largest absolute Gasteiger partial charge is 0.354 e. The summed E-state index contributed by atoms with van der Waals surface area (Å²) in [7, 11) is 0. The van der Waals surface area contributed by atoms with Gasteiger partial charge in [0.15, 0.2) is 0 Å². The summed E-state index contributed by atoms with van der Waals surface area (Å²) in [6.45, 7) is 13.6. The van der Waals surface area contributed by atoms with Crippen LogP contribution < -0.4 is 0 Å².